The van der Waals surface area contributed by atoms with E-state index < -0.39 is 12.4 Å². The highest BCUT2D eigenvalue weighted by molar-refractivity contribution is 7.22. The number of benzene rings is 1. The molecule has 1 aliphatic heterocycles. The topological polar surface area (TPSA) is 83.6 Å². The molecule has 3 rings (SSSR count). The van der Waals surface area contributed by atoms with Gasteiger partial charge in [-0.15, -0.1) is 13.2 Å². The zero-order valence-electron chi connectivity index (χ0n) is 16.8. The van der Waals surface area contributed by atoms with E-state index in [4.69, 9.17) is 0 Å². The number of aromatic nitrogens is 1. The normalized spacial score (nSPS) is 17.4. The number of carbonyl (C=O) groups is 2. The van der Waals surface area contributed by atoms with Gasteiger partial charge in [0.1, 0.15) is 11.8 Å². The number of thiazole rings is 1. The molecule has 0 bridgehead atoms. The molecular weight excluding hydrogens is 421 g/mol. The van der Waals surface area contributed by atoms with E-state index in [0.717, 1.165) is 17.8 Å². The second kappa shape index (κ2) is 8.38. The molecule has 1 aromatic heterocycles. The minimum Gasteiger partial charge on any atom is -0.406 e. The maximum absolute atomic E-state index is 12.7. The lowest BCUT2D eigenvalue weighted by Crippen LogP contribution is -2.49. The Morgan fingerprint density at radius 3 is 2.70 bits per heavy atom. The Bertz CT molecular complexity index is 939. The Labute approximate surface area is 175 Å². The van der Waals surface area contributed by atoms with Gasteiger partial charge >= 0.3 is 6.36 Å². The summed E-state index contributed by atoms with van der Waals surface area (Å²) in [6.07, 6.45) is -3.52. The number of rotatable bonds is 5. The van der Waals surface area contributed by atoms with Gasteiger partial charge in [-0.1, -0.05) is 11.3 Å². The maximum Gasteiger partial charge on any atom is 0.573 e. The first kappa shape index (κ1) is 22.3. The summed E-state index contributed by atoms with van der Waals surface area (Å²) >= 11 is 1.04. The highest BCUT2D eigenvalue weighted by atomic mass is 32.1. The van der Waals surface area contributed by atoms with Crippen molar-refractivity contribution in [1.29, 1.82) is 0 Å². The van der Waals surface area contributed by atoms with Crippen molar-refractivity contribution in [3.05, 3.63) is 18.2 Å². The van der Waals surface area contributed by atoms with Crippen molar-refractivity contribution in [3.63, 3.8) is 0 Å². The van der Waals surface area contributed by atoms with Crippen molar-refractivity contribution in [2.24, 2.45) is 0 Å². The Balaban J connectivity index is 1.67. The number of nitrogens with zero attached hydrogens (tertiary/aromatic N) is 2. The molecule has 0 spiro atoms. The van der Waals surface area contributed by atoms with Gasteiger partial charge in [-0.25, -0.2) is 4.98 Å². The van der Waals surface area contributed by atoms with Crippen molar-refractivity contribution in [2.45, 2.75) is 51.6 Å². The minimum absolute atomic E-state index is 0.135. The van der Waals surface area contributed by atoms with Crippen molar-refractivity contribution in [3.8, 4) is 5.75 Å². The quantitative estimate of drug-likeness (QED) is 0.738. The number of nitrogens with one attached hydrogen (secondary N) is 2. The summed E-state index contributed by atoms with van der Waals surface area (Å²) in [6.45, 7) is 6.49. The second-order valence-electron chi connectivity index (χ2n) is 8.03. The highest BCUT2D eigenvalue weighted by Crippen LogP contribution is 2.32. The van der Waals surface area contributed by atoms with Crippen LogP contribution in [-0.4, -0.2) is 52.7 Å². The van der Waals surface area contributed by atoms with Crippen LogP contribution in [0.4, 0.5) is 18.3 Å². The summed E-state index contributed by atoms with van der Waals surface area (Å²) in [5.74, 6) is -0.862. The summed E-state index contributed by atoms with van der Waals surface area (Å²) in [5.41, 5.74) is 0.224. The zero-order chi connectivity index (χ0) is 22.1. The van der Waals surface area contributed by atoms with Crippen LogP contribution in [0.2, 0.25) is 0 Å². The predicted molar refractivity (Wildman–Crippen MR) is 107 cm³/mol. The number of hydrogen-bond donors (Lipinski definition) is 2. The zero-order valence-corrected chi connectivity index (χ0v) is 17.6. The van der Waals surface area contributed by atoms with Crippen molar-refractivity contribution in [1.82, 2.24) is 15.2 Å². The minimum atomic E-state index is -4.78. The number of anilines is 1. The molecule has 1 fully saturated rings. The number of halogens is 3. The highest BCUT2D eigenvalue weighted by Gasteiger charge is 2.35. The van der Waals surface area contributed by atoms with Crippen LogP contribution < -0.4 is 15.4 Å². The first-order valence-corrected chi connectivity index (χ1v) is 10.2. The van der Waals surface area contributed by atoms with Crippen molar-refractivity contribution < 1.29 is 27.5 Å². The summed E-state index contributed by atoms with van der Waals surface area (Å²) in [7, 11) is 0. The lowest BCUT2D eigenvalue weighted by Gasteiger charge is -2.26. The van der Waals surface area contributed by atoms with Gasteiger partial charge in [0.05, 0.1) is 16.8 Å². The molecule has 1 aliphatic rings. The van der Waals surface area contributed by atoms with Crippen molar-refractivity contribution in [2.75, 3.05) is 18.4 Å². The second-order valence-corrected chi connectivity index (χ2v) is 9.06. The standard InChI is InChI=1S/C19H23F3N4O3S/c1-18(2,3)23-10-15(27)26-8-4-5-13(26)16(28)25-17-24-12-7-6-11(9-14(12)30-17)29-19(20,21)22/h6-7,9,13,23H,4-5,8,10H2,1-3H3,(H,24,25,28)/t13-/m0/s1. The summed E-state index contributed by atoms with van der Waals surface area (Å²) in [4.78, 5) is 31.0. The molecule has 11 heteroatoms. The van der Waals surface area contributed by atoms with Crippen LogP contribution in [0.5, 0.6) is 5.75 Å². The van der Waals surface area contributed by atoms with E-state index in [2.05, 4.69) is 20.4 Å². The molecule has 0 saturated carbocycles. The fraction of sp³-hybridized carbons (Fsp3) is 0.526. The van der Waals surface area contributed by atoms with E-state index in [0.29, 0.717) is 23.2 Å². The molecule has 7 nitrogen and oxygen atoms in total. The number of hydrogen-bond acceptors (Lipinski definition) is 6. The third kappa shape index (κ3) is 5.82. The molecule has 0 radical (unpaired) electrons. The molecular formula is C19H23F3N4O3S. The monoisotopic (exact) mass is 444 g/mol. The van der Waals surface area contributed by atoms with Crippen LogP contribution in [0.15, 0.2) is 18.2 Å². The SMILES string of the molecule is CC(C)(C)NCC(=O)N1CCC[C@H]1C(=O)Nc1nc2ccc(OC(F)(F)F)cc2s1. The fourth-order valence-electron chi connectivity index (χ4n) is 3.12. The summed E-state index contributed by atoms with van der Waals surface area (Å²) < 4.78 is 41.5. The van der Waals surface area contributed by atoms with E-state index in [1.54, 1.807) is 4.90 Å². The third-order valence-electron chi connectivity index (χ3n) is 4.47. The van der Waals surface area contributed by atoms with Gasteiger partial charge in [-0.2, -0.15) is 0 Å². The van der Waals surface area contributed by atoms with Crippen LogP contribution in [0.1, 0.15) is 33.6 Å². The molecule has 1 aromatic carbocycles. The molecule has 0 aliphatic carbocycles. The lowest BCUT2D eigenvalue weighted by molar-refractivity contribution is -0.274. The Hall–Kier alpha value is -2.40. The molecule has 2 aromatic rings. The number of likely N-dealkylation sites (tertiary alicyclic amines) is 1. The third-order valence-corrected chi connectivity index (χ3v) is 5.40. The van der Waals surface area contributed by atoms with Crippen LogP contribution in [0.25, 0.3) is 10.2 Å². The van der Waals surface area contributed by atoms with Gasteiger partial charge < -0.3 is 20.3 Å². The number of ether oxygens (including phenoxy) is 1. The smallest absolute Gasteiger partial charge is 0.406 e. The predicted octanol–water partition coefficient (Wildman–Crippen LogP) is 3.51. The van der Waals surface area contributed by atoms with Gasteiger partial charge in [0, 0.05) is 18.2 Å². The first-order valence-electron chi connectivity index (χ1n) is 9.43. The average molecular weight is 444 g/mol. The Morgan fingerprint density at radius 1 is 1.30 bits per heavy atom. The molecule has 2 N–H and O–H groups in total. The summed E-state index contributed by atoms with van der Waals surface area (Å²) in [5, 5.41) is 6.07. The van der Waals surface area contributed by atoms with E-state index in [-0.39, 0.29) is 34.8 Å². The maximum atomic E-state index is 12.7. The Kier molecular flexibility index (Phi) is 6.23. The Morgan fingerprint density at radius 2 is 2.03 bits per heavy atom. The number of amides is 2. The first-order chi connectivity index (χ1) is 13.9. The van der Waals surface area contributed by atoms with E-state index >= 15 is 0 Å². The van der Waals surface area contributed by atoms with Crippen LogP contribution in [0.3, 0.4) is 0 Å². The number of carbonyl (C=O) groups excluding carboxylic acids is 2. The lowest BCUT2D eigenvalue weighted by atomic mass is 10.1. The van der Waals surface area contributed by atoms with E-state index in [1.807, 2.05) is 20.8 Å². The van der Waals surface area contributed by atoms with E-state index in [1.165, 1.54) is 18.2 Å². The molecule has 2 heterocycles. The van der Waals surface area contributed by atoms with Crippen LogP contribution >= 0.6 is 11.3 Å². The van der Waals surface area contributed by atoms with Gasteiger partial charge in [0.2, 0.25) is 11.8 Å². The number of alkyl halides is 3. The molecule has 2 amide bonds. The molecule has 0 unspecified atom stereocenters. The van der Waals surface area contributed by atoms with Crippen molar-refractivity contribution >= 4 is 38.5 Å². The van der Waals surface area contributed by atoms with Crippen LogP contribution in [0, 0.1) is 0 Å². The molecule has 1 saturated heterocycles. The number of fused-ring (bicyclic) bond motifs is 1. The van der Waals surface area contributed by atoms with Gasteiger partial charge in [0.25, 0.3) is 0 Å². The summed E-state index contributed by atoms with van der Waals surface area (Å²) in [6, 6.07) is 3.18. The molecule has 164 valence electrons. The fourth-order valence-corrected chi connectivity index (χ4v) is 4.02. The molecule has 1 atom stereocenters. The van der Waals surface area contributed by atoms with Gasteiger partial charge in [-0.3, -0.25) is 9.59 Å². The van der Waals surface area contributed by atoms with Crippen LogP contribution in [-0.2, 0) is 9.59 Å². The van der Waals surface area contributed by atoms with Gasteiger partial charge in [-0.05, 0) is 45.7 Å². The largest absolute Gasteiger partial charge is 0.573 e. The molecule has 30 heavy (non-hydrogen) atoms. The van der Waals surface area contributed by atoms with E-state index in [9.17, 15) is 22.8 Å². The average Bonchev–Trinajstić information content (AvgIpc) is 3.23. The van der Waals surface area contributed by atoms with Gasteiger partial charge in [0.15, 0.2) is 5.13 Å².